The summed E-state index contributed by atoms with van der Waals surface area (Å²) in [5.74, 6) is 3.27. The van der Waals surface area contributed by atoms with Crippen LogP contribution in [0.5, 0.6) is 23.0 Å². The van der Waals surface area contributed by atoms with Crippen LogP contribution in [0.1, 0.15) is 101 Å². The topological polar surface area (TPSA) is 185 Å². The first kappa shape index (κ1) is 67.4. The SMILES string of the molecule is CCC(C(C)=O)c1ccc(O)cc1.CCC(C(C)=O)c1ccc(OCCOC)cc1.CCC(CO)c1ccc(OCCOC)cc1.COCCOc1ccc(C2COC(=O)N2)cc1.O=S(Cl)Cl.[B].[H-].[Na+]. The molecule has 1 amide bonds. The van der Waals surface area contributed by atoms with E-state index in [1.807, 2.05) is 86.6 Å². The van der Waals surface area contributed by atoms with Crippen LogP contribution >= 0.6 is 21.4 Å². The molecule has 4 aromatic carbocycles. The molecule has 4 aromatic rings. The molecule has 0 spiro atoms. The Hall–Kier alpha value is -3.68. The number of ether oxygens (including phenoxy) is 7. The minimum Gasteiger partial charge on any atom is -1.00 e. The zero-order valence-corrected chi connectivity index (χ0v) is 45.8. The third-order valence-electron chi connectivity index (χ3n) is 10.1. The average Bonchev–Trinajstić information content (AvgIpc) is 3.75. The second-order valence-electron chi connectivity index (χ2n) is 14.7. The van der Waals surface area contributed by atoms with Crippen molar-refractivity contribution in [3.05, 3.63) is 119 Å². The van der Waals surface area contributed by atoms with E-state index in [9.17, 15) is 19.5 Å². The molecule has 3 N–H and O–H groups in total. The Balaban J connectivity index is -0.000000824. The number of amides is 1. The number of Topliss-reactive ketones (excluding diaryl/α,β-unsaturated/α-hetero) is 2. The van der Waals surface area contributed by atoms with E-state index in [-0.39, 0.29) is 93.2 Å². The standard InChI is InChI=1S/C14H20O3.C13H20O3.C12H15NO4.C11H14O2.B.Cl2OS.Na.H/c1-4-14(11(2)15)12-5-7-13(8-6-12)17-10-9-16-3;1-3-11(10-14)12-4-6-13(7-5-12)16-9-8-15-2;1-15-6-7-16-10-4-2-9(3-5-10)11-8-17-12(14)13-11;1-3-11(8(2)12)9-4-6-10(13)7-5-9;;1-4(2)3;;/h5-8,14H,4,9-10H2,1-3H3;4-7,11,14H,3,8-10H2,1-2H3;2-5,11H,6-8H2,1H3,(H,13,14);4-7,11,13H,3H2,1-2H3;;;;/q;;;;;;+1;-1. The van der Waals surface area contributed by atoms with Crippen LogP contribution in [0.25, 0.3) is 0 Å². The number of carbonyl (C=O) groups is 3. The fourth-order valence-corrected chi connectivity index (χ4v) is 6.41. The van der Waals surface area contributed by atoms with Crippen LogP contribution in [0.3, 0.4) is 0 Å². The number of benzene rings is 4. The number of aliphatic hydroxyl groups excluding tert-OH is 1. The summed E-state index contributed by atoms with van der Waals surface area (Å²) in [5, 5.41) is 21.0. The summed E-state index contributed by atoms with van der Waals surface area (Å²) in [6.07, 6.45) is 2.22. The van der Waals surface area contributed by atoms with Crippen molar-refractivity contribution in [3.8, 4) is 23.0 Å². The molecule has 4 unspecified atom stereocenters. The normalized spacial score (nSPS) is 13.3. The van der Waals surface area contributed by atoms with Gasteiger partial charge in [0.2, 0.25) is 9.23 Å². The number of halogens is 2. The van der Waals surface area contributed by atoms with Crippen molar-refractivity contribution in [1.29, 1.82) is 0 Å². The Morgan fingerprint density at radius 2 is 1.01 bits per heavy atom. The number of rotatable bonds is 22. The van der Waals surface area contributed by atoms with Crippen LogP contribution in [-0.2, 0) is 37.8 Å². The summed E-state index contributed by atoms with van der Waals surface area (Å²) in [6, 6.07) is 29.9. The van der Waals surface area contributed by atoms with Crippen molar-refractivity contribution in [1.82, 2.24) is 5.32 Å². The molecule has 69 heavy (non-hydrogen) atoms. The summed E-state index contributed by atoms with van der Waals surface area (Å²) < 4.78 is 45.0. The van der Waals surface area contributed by atoms with Crippen molar-refractivity contribution in [2.75, 3.05) is 74.2 Å². The zero-order valence-electron chi connectivity index (χ0n) is 42.5. The summed E-state index contributed by atoms with van der Waals surface area (Å²) in [5.41, 5.74) is 4.20. The van der Waals surface area contributed by atoms with Gasteiger partial charge in [-0.1, -0.05) is 69.3 Å². The molecule has 0 bridgehead atoms. The maximum absolute atomic E-state index is 11.4. The van der Waals surface area contributed by atoms with E-state index in [1.165, 1.54) is 0 Å². The van der Waals surface area contributed by atoms with E-state index >= 15 is 0 Å². The van der Waals surface area contributed by atoms with E-state index in [0.717, 1.165) is 58.8 Å². The molecule has 19 heteroatoms. The number of hydrogen-bond donors (Lipinski definition) is 3. The summed E-state index contributed by atoms with van der Waals surface area (Å²) >= 11 is 0. The van der Waals surface area contributed by atoms with Gasteiger partial charge in [0.05, 0.1) is 25.9 Å². The van der Waals surface area contributed by atoms with E-state index in [4.69, 9.17) is 42.5 Å². The molecule has 1 aliphatic rings. The first-order valence-corrected chi connectivity index (χ1v) is 24.7. The fraction of sp³-hybridized carbons (Fsp3) is 0.460. The number of nitrogens with one attached hydrogen (secondary N) is 1. The molecular formula is C50H70BCl2NNaO13S. The third kappa shape index (κ3) is 29.3. The van der Waals surface area contributed by atoms with Crippen LogP contribution in [0.4, 0.5) is 4.79 Å². The first-order valence-electron chi connectivity index (χ1n) is 21.9. The van der Waals surface area contributed by atoms with Crippen molar-refractivity contribution in [2.45, 2.75) is 77.7 Å². The van der Waals surface area contributed by atoms with Gasteiger partial charge in [0.25, 0.3) is 0 Å². The number of aromatic hydroxyl groups is 1. The van der Waals surface area contributed by atoms with Gasteiger partial charge in [-0.25, -0.2) is 9.00 Å². The number of ketones is 2. The minimum absolute atomic E-state index is 0. The summed E-state index contributed by atoms with van der Waals surface area (Å²) in [4.78, 5) is 33.5. The molecule has 1 aliphatic heterocycles. The third-order valence-corrected chi connectivity index (χ3v) is 10.1. The van der Waals surface area contributed by atoms with Gasteiger partial charge >= 0.3 is 35.7 Å². The predicted octanol–water partition coefficient (Wildman–Crippen LogP) is 6.74. The van der Waals surface area contributed by atoms with Crippen molar-refractivity contribution in [3.63, 3.8) is 0 Å². The van der Waals surface area contributed by atoms with Crippen molar-refractivity contribution < 1.29 is 92.9 Å². The van der Waals surface area contributed by atoms with Gasteiger partial charge in [-0.3, -0.25) is 9.59 Å². The Kier molecular flexibility index (Phi) is 40.0. The number of carbonyl (C=O) groups excluding carboxylic acids is 3. The molecule has 4 atom stereocenters. The Morgan fingerprint density at radius 1 is 0.667 bits per heavy atom. The number of aliphatic hydroxyl groups is 1. The second-order valence-corrected chi connectivity index (χ2v) is 17.3. The molecule has 377 valence electrons. The molecular weight excluding hydrogens is 959 g/mol. The van der Waals surface area contributed by atoms with Crippen LogP contribution in [0.15, 0.2) is 97.1 Å². The smallest absolute Gasteiger partial charge is 1.00 e. The molecule has 0 aromatic heterocycles. The van der Waals surface area contributed by atoms with E-state index in [2.05, 4.69) is 33.6 Å². The van der Waals surface area contributed by atoms with Crippen LogP contribution in [0.2, 0.25) is 0 Å². The number of phenols is 1. The van der Waals surface area contributed by atoms with E-state index < -0.39 is 9.23 Å². The van der Waals surface area contributed by atoms with Crippen LogP contribution in [-0.4, -0.2) is 115 Å². The van der Waals surface area contributed by atoms with Gasteiger partial charge in [0, 0.05) is 75.5 Å². The summed E-state index contributed by atoms with van der Waals surface area (Å²) in [7, 11) is 12.3. The first-order chi connectivity index (χ1) is 32.2. The van der Waals surface area contributed by atoms with Gasteiger partial charge in [0.15, 0.2) is 0 Å². The van der Waals surface area contributed by atoms with Gasteiger partial charge in [-0.15, -0.1) is 0 Å². The molecule has 5 rings (SSSR count). The number of cyclic esters (lactones) is 1. The Morgan fingerprint density at radius 3 is 1.30 bits per heavy atom. The number of alkyl carbamates (subject to hydrolysis) is 1. The summed E-state index contributed by atoms with van der Waals surface area (Å²) in [6.45, 7) is 13.3. The second kappa shape index (κ2) is 41.0. The van der Waals surface area contributed by atoms with Crippen molar-refractivity contribution in [2.24, 2.45) is 0 Å². The maximum atomic E-state index is 11.4. The van der Waals surface area contributed by atoms with Gasteiger partial charge in [0.1, 0.15) is 61.0 Å². The van der Waals surface area contributed by atoms with E-state index in [1.54, 1.807) is 59.4 Å². The van der Waals surface area contributed by atoms with Crippen LogP contribution < -0.4 is 49.1 Å². The number of hydrogen-bond acceptors (Lipinski definition) is 13. The van der Waals surface area contributed by atoms with Gasteiger partial charge < -0.3 is 50.1 Å². The van der Waals surface area contributed by atoms with E-state index in [0.29, 0.717) is 46.2 Å². The largest absolute Gasteiger partial charge is 1.00 e. The molecule has 1 saturated heterocycles. The number of phenolic OH excluding ortho intramolecular Hbond substituents is 1. The molecule has 1 fully saturated rings. The zero-order chi connectivity index (χ0) is 50.0. The van der Waals surface area contributed by atoms with Crippen molar-refractivity contribution >= 4 is 56.7 Å². The maximum Gasteiger partial charge on any atom is 1.00 e. The predicted molar refractivity (Wildman–Crippen MR) is 271 cm³/mol. The monoisotopic (exact) mass is 1030 g/mol. The average molecular weight is 1030 g/mol. The minimum atomic E-state index is -1.67. The Bertz CT molecular complexity index is 1970. The molecule has 0 saturated carbocycles. The molecule has 1 heterocycles. The molecule has 14 nitrogen and oxygen atoms in total. The van der Waals surface area contributed by atoms with Gasteiger partial charge in [-0.2, -0.15) is 0 Å². The number of methoxy groups -OCH3 is 3. The fourth-order valence-electron chi connectivity index (χ4n) is 6.41. The van der Waals surface area contributed by atoms with Gasteiger partial charge in [-0.05, 0) is 104 Å². The molecule has 0 aliphatic carbocycles. The Labute approximate surface area is 446 Å². The molecule has 3 radical (unpaired) electrons. The quantitative estimate of drug-likeness (QED) is 0.0428. The van der Waals surface area contributed by atoms with Crippen LogP contribution in [0, 0.1) is 0 Å².